The molecule has 0 nitrogen and oxygen atoms in total. The summed E-state index contributed by atoms with van der Waals surface area (Å²) in [6, 6.07) is 36.3. The number of fused-ring (bicyclic) bond motifs is 3. The Kier molecular flexibility index (Phi) is 15.0. The first kappa shape index (κ1) is 47.4. The quantitative estimate of drug-likeness (QED) is 0.120. The molecule has 7 heteroatoms. The van der Waals surface area contributed by atoms with Gasteiger partial charge in [0.1, 0.15) is 0 Å². The van der Waals surface area contributed by atoms with Crippen molar-refractivity contribution in [2.45, 2.75) is 119 Å². The van der Waals surface area contributed by atoms with Crippen molar-refractivity contribution in [3.63, 3.8) is 0 Å². The van der Waals surface area contributed by atoms with Crippen LogP contribution in [0.3, 0.4) is 0 Å². The van der Waals surface area contributed by atoms with Crippen molar-refractivity contribution in [1.29, 1.82) is 0 Å². The molecule has 0 saturated heterocycles. The first-order valence-corrected chi connectivity index (χ1v) is 22.4. The molecule has 1 aliphatic carbocycles. The fourth-order valence-electron chi connectivity index (χ4n) is 6.81. The van der Waals surface area contributed by atoms with Crippen LogP contribution in [0.2, 0.25) is 0 Å². The molecule has 0 amide bonds. The molecule has 0 aromatic heterocycles. The van der Waals surface area contributed by atoms with Gasteiger partial charge in [0.25, 0.3) is 0 Å². The standard InChI is InChI=1S/C29H41.C15H8Cl6.C5H5.Zr/c1-26(2,3)22-14-18-13-19-15-23(27(4,5)6)25(29(10,11)12)17-21(19)20(18)16-24(22)28(7,8)9;16-14(17,18)12-5-1-3-10(8-12)7-11-4-2-6-13(9-11)15(19,20)21;1-2-4-5-3-1;/h14,16-17H,13H2,1-12H3;1-6,8-9H;1-5H;/q-1;;-1;+2. The second-order valence-corrected chi connectivity index (χ2v) is 24.5. The zero-order valence-corrected chi connectivity index (χ0v) is 41.7. The molecule has 5 aromatic rings. The predicted molar refractivity (Wildman–Crippen MR) is 245 cm³/mol. The maximum atomic E-state index is 5.94. The van der Waals surface area contributed by atoms with Crippen LogP contribution in [0.1, 0.15) is 139 Å². The van der Waals surface area contributed by atoms with Gasteiger partial charge in [0.15, 0.2) is 0 Å². The van der Waals surface area contributed by atoms with Crippen LogP contribution < -0.4 is 0 Å². The molecule has 0 atom stereocenters. The third-order valence-corrected chi connectivity index (χ3v) is 12.5. The first-order chi connectivity index (χ1) is 25.5. The zero-order chi connectivity index (χ0) is 42.2. The number of hydrogen-bond donors (Lipinski definition) is 0. The van der Waals surface area contributed by atoms with Gasteiger partial charge in [-0.15, -0.1) is 16.7 Å². The van der Waals surface area contributed by atoms with E-state index in [1.807, 2.05) is 66.7 Å². The van der Waals surface area contributed by atoms with E-state index in [1.54, 1.807) is 12.1 Å². The van der Waals surface area contributed by atoms with Crippen molar-refractivity contribution in [3.8, 4) is 11.1 Å². The normalized spacial score (nSPS) is 13.2. The van der Waals surface area contributed by atoms with Crippen molar-refractivity contribution < 1.29 is 24.2 Å². The largest absolute Gasteiger partial charge is 0.214 e. The summed E-state index contributed by atoms with van der Waals surface area (Å²) >= 11 is 36.9. The average molecular weight is 947 g/mol. The fraction of sp³-hybridized carbons (Fsp3) is 0.388. The summed E-state index contributed by atoms with van der Waals surface area (Å²) in [5, 5.41) is 0. The Morgan fingerprint density at radius 2 is 0.964 bits per heavy atom. The molecule has 296 valence electrons. The van der Waals surface area contributed by atoms with Gasteiger partial charge >= 0.3 is 175 Å². The number of benzene rings is 4. The van der Waals surface area contributed by atoms with Gasteiger partial charge in [-0.2, -0.15) is 35.9 Å². The summed E-state index contributed by atoms with van der Waals surface area (Å²) in [6.07, 6.45) is 1.01. The summed E-state index contributed by atoms with van der Waals surface area (Å²) in [5.74, 6) is 0. The van der Waals surface area contributed by atoms with Crippen molar-refractivity contribution >= 4 is 72.8 Å². The van der Waals surface area contributed by atoms with Gasteiger partial charge in [-0.3, -0.25) is 0 Å². The first-order valence-electron chi connectivity index (χ1n) is 18.9. The molecule has 0 heterocycles. The maximum Gasteiger partial charge on any atom is -0.172 e. The molecular formula is C49H54Cl6Zr. The van der Waals surface area contributed by atoms with E-state index >= 15 is 0 Å². The minimum atomic E-state index is -1.45. The van der Waals surface area contributed by atoms with Crippen LogP contribution in [0, 0.1) is 6.07 Å². The Bertz CT molecular complexity index is 1980. The number of alkyl halides is 6. The maximum absolute atomic E-state index is 5.94. The van der Waals surface area contributed by atoms with E-state index in [1.165, 1.54) is 68.7 Å². The van der Waals surface area contributed by atoms with E-state index in [0.29, 0.717) is 11.1 Å². The van der Waals surface area contributed by atoms with Gasteiger partial charge in [0, 0.05) is 0 Å². The predicted octanol–water partition coefficient (Wildman–Crippen LogP) is 16.1. The molecule has 0 N–H and O–H groups in total. The summed E-state index contributed by atoms with van der Waals surface area (Å²) in [5.41, 5.74) is 15.1. The minimum Gasteiger partial charge on any atom is -0.214 e. The molecule has 0 saturated carbocycles. The number of rotatable bonds is 2. The Labute approximate surface area is 382 Å². The van der Waals surface area contributed by atoms with E-state index in [2.05, 4.69) is 107 Å². The molecule has 0 aliphatic heterocycles. The average Bonchev–Trinajstić information content (AvgIpc) is 3.77. The van der Waals surface area contributed by atoms with Crippen LogP contribution in [0.15, 0.2) is 97.1 Å². The molecular weight excluding hydrogens is 892 g/mol. The van der Waals surface area contributed by atoms with E-state index in [0.717, 1.165) is 20.8 Å². The monoisotopic (exact) mass is 942 g/mol. The van der Waals surface area contributed by atoms with E-state index in [4.69, 9.17) is 69.6 Å². The van der Waals surface area contributed by atoms with Crippen LogP contribution >= 0.6 is 69.6 Å². The second-order valence-electron chi connectivity index (χ2n) is 18.7. The molecule has 6 rings (SSSR count). The number of hydrogen-bond acceptors (Lipinski definition) is 0. The van der Waals surface area contributed by atoms with Crippen LogP contribution in [0.25, 0.3) is 11.1 Å². The summed E-state index contributed by atoms with van der Waals surface area (Å²) in [6.45, 7) is 28.0. The molecule has 0 fully saturated rings. The third-order valence-electron chi connectivity index (χ3n) is 9.75. The van der Waals surface area contributed by atoms with Gasteiger partial charge in [-0.05, 0) is 39.4 Å². The molecule has 0 radical (unpaired) electrons. The topological polar surface area (TPSA) is 0 Å². The summed E-state index contributed by atoms with van der Waals surface area (Å²) in [4.78, 5) is 0. The fourth-order valence-corrected chi connectivity index (χ4v) is 8.28. The zero-order valence-electron chi connectivity index (χ0n) is 34.7. The molecule has 56 heavy (non-hydrogen) atoms. The minimum absolute atomic E-state index is 0.0968. The van der Waals surface area contributed by atoms with Crippen LogP contribution in [-0.4, -0.2) is 3.21 Å². The van der Waals surface area contributed by atoms with Gasteiger partial charge < -0.3 is 0 Å². The molecule has 5 aromatic carbocycles. The van der Waals surface area contributed by atoms with Crippen LogP contribution in [0.5, 0.6) is 0 Å². The number of halogens is 6. The van der Waals surface area contributed by atoms with Gasteiger partial charge in [0.05, 0.1) is 0 Å². The second kappa shape index (κ2) is 17.8. The molecule has 0 unspecified atom stereocenters. The smallest absolute Gasteiger partial charge is 0.172 e. The SMILES string of the molecule is CC(C)(C)c1[c-]c2c(cc1C(C)(C)C)-c1cc(C(C)(C)C)c(C(C)(C)C)cc1C2.ClC(Cl)(Cl)c1cccc([C](=[Zr+2])c2cccc(C(Cl)(Cl)Cl)c2)c1.c1cc[cH-]c1. The van der Waals surface area contributed by atoms with Gasteiger partial charge in [-0.1, -0.05) is 106 Å². The Morgan fingerprint density at radius 1 is 0.536 bits per heavy atom. The molecule has 0 bridgehead atoms. The van der Waals surface area contributed by atoms with Gasteiger partial charge in [0.2, 0.25) is 0 Å². The van der Waals surface area contributed by atoms with E-state index < -0.39 is 7.59 Å². The molecule has 0 spiro atoms. The Balaban J connectivity index is 0.000000227. The van der Waals surface area contributed by atoms with Crippen LogP contribution in [-0.2, 0) is 59.9 Å². The van der Waals surface area contributed by atoms with Crippen molar-refractivity contribution in [2.75, 3.05) is 0 Å². The van der Waals surface area contributed by atoms with Crippen molar-refractivity contribution in [3.05, 3.63) is 159 Å². The van der Waals surface area contributed by atoms with Crippen molar-refractivity contribution in [1.82, 2.24) is 0 Å². The van der Waals surface area contributed by atoms with Gasteiger partial charge in [-0.25, -0.2) is 12.1 Å². The van der Waals surface area contributed by atoms with Crippen LogP contribution in [0.4, 0.5) is 0 Å². The van der Waals surface area contributed by atoms with E-state index in [-0.39, 0.29) is 21.7 Å². The van der Waals surface area contributed by atoms with Crippen molar-refractivity contribution in [2.24, 2.45) is 0 Å². The molecule has 1 aliphatic rings. The summed E-state index contributed by atoms with van der Waals surface area (Å²) in [7, 11) is 0. The third kappa shape index (κ3) is 12.2. The Hall–Kier alpha value is -1.28. The van der Waals surface area contributed by atoms with E-state index in [9.17, 15) is 0 Å². The summed E-state index contributed by atoms with van der Waals surface area (Å²) < 4.78 is -1.82. The Morgan fingerprint density at radius 3 is 1.34 bits per heavy atom.